The van der Waals surface area contributed by atoms with Crippen LogP contribution in [0.5, 0.6) is 0 Å². The third-order valence-corrected chi connectivity index (χ3v) is 4.87. The summed E-state index contributed by atoms with van der Waals surface area (Å²) in [6, 6.07) is 12.1. The Morgan fingerprint density at radius 3 is 2.48 bits per heavy atom. The van der Waals surface area contributed by atoms with Crippen LogP contribution >= 0.6 is 0 Å². The summed E-state index contributed by atoms with van der Waals surface area (Å²) >= 11 is 0. The standard InChI is InChI=1S/C22H14F2N4O/c1-13-11-27(12-26-13)15-4-6-20-17(8-15)22-14(10-25-20)2-7-21(29)28(22)16-3-5-18(23)19(24)9-16/h2-12H,1H3. The van der Waals surface area contributed by atoms with Crippen molar-refractivity contribution < 1.29 is 8.78 Å². The topological polar surface area (TPSA) is 52.7 Å². The fraction of sp³-hybridized carbons (Fsp3) is 0.0455. The zero-order valence-corrected chi connectivity index (χ0v) is 15.3. The number of pyridine rings is 2. The molecule has 5 aromatic rings. The maximum absolute atomic E-state index is 13.9. The maximum atomic E-state index is 13.9. The number of hydrogen-bond donors (Lipinski definition) is 0. The second-order valence-electron chi connectivity index (χ2n) is 6.79. The first-order valence-electron chi connectivity index (χ1n) is 8.92. The van der Waals surface area contributed by atoms with Gasteiger partial charge in [0, 0.05) is 41.0 Å². The van der Waals surface area contributed by atoms with Crippen LogP contribution in [0.25, 0.3) is 33.2 Å². The molecular formula is C22H14F2N4O. The average Bonchev–Trinajstić information content (AvgIpc) is 3.16. The van der Waals surface area contributed by atoms with Crippen molar-refractivity contribution in [2.45, 2.75) is 6.92 Å². The minimum Gasteiger partial charge on any atom is -0.306 e. The molecule has 5 rings (SSSR count). The van der Waals surface area contributed by atoms with Crippen LogP contribution in [0, 0.1) is 18.6 Å². The minimum atomic E-state index is -1.01. The highest BCUT2D eigenvalue weighted by molar-refractivity contribution is 6.04. The highest BCUT2D eigenvalue weighted by atomic mass is 19.2. The summed E-state index contributed by atoms with van der Waals surface area (Å²) in [5.41, 5.74) is 2.88. The Morgan fingerprint density at radius 2 is 1.72 bits per heavy atom. The van der Waals surface area contributed by atoms with Crippen molar-refractivity contribution in [3.8, 4) is 11.4 Å². The first-order valence-corrected chi connectivity index (χ1v) is 8.92. The molecule has 0 N–H and O–H groups in total. The van der Waals surface area contributed by atoms with Crippen LogP contribution in [0.3, 0.4) is 0 Å². The number of aromatic nitrogens is 4. The van der Waals surface area contributed by atoms with Gasteiger partial charge in [-0.2, -0.15) is 0 Å². The van der Waals surface area contributed by atoms with Crippen molar-refractivity contribution >= 4 is 21.8 Å². The molecule has 2 aromatic carbocycles. The largest absolute Gasteiger partial charge is 0.306 e. The highest BCUT2D eigenvalue weighted by Gasteiger charge is 2.13. The molecule has 0 amide bonds. The lowest BCUT2D eigenvalue weighted by Gasteiger charge is -2.13. The van der Waals surface area contributed by atoms with E-state index in [2.05, 4.69) is 9.97 Å². The Kier molecular flexibility index (Phi) is 3.77. The van der Waals surface area contributed by atoms with Crippen LogP contribution in [0.2, 0.25) is 0 Å². The van der Waals surface area contributed by atoms with Gasteiger partial charge in [-0.25, -0.2) is 13.8 Å². The first-order chi connectivity index (χ1) is 14.0. The van der Waals surface area contributed by atoms with Crippen LogP contribution in [0.15, 0.2) is 72.0 Å². The second kappa shape index (κ2) is 6.34. The van der Waals surface area contributed by atoms with E-state index in [9.17, 15) is 13.6 Å². The Morgan fingerprint density at radius 1 is 0.897 bits per heavy atom. The van der Waals surface area contributed by atoms with Crippen LogP contribution in [-0.4, -0.2) is 19.1 Å². The molecule has 0 bridgehead atoms. The monoisotopic (exact) mass is 388 g/mol. The van der Waals surface area contributed by atoms with Crippen LogP contribution in [-0.2, 0) is 0 Å². The summed E-state index contributed by atoms with van der Waals surface area (Å²) in [7, 11) is 0. The van der Waals surface area contributed by atoms with E-state index >= 15 is 0 Å². The first kappa shape index (κ1) is 17.2. The lowest BCUT2D eigenvalue weighted by molar-refractivity contribution is 0.508. The zero-order chi connectivity index (χ0) is 20.1. The van der Waals surface area contributed by atoms with Crippen molar-refractivity contribution in [1.29, 1.82) is 0 Å². The Labute approximate surface area is 163 Å². The number of aryl methyl sites for hydroxylation is 1. The molecule has 7 heteroatoms. The molecule has 0 saturated carbocycles. The number of nitrogens with zero attached hydrogens (tertiary/aromatic N) is 4. The van der Waals surface area contributed by atoms with Gasteiger partial charge in [0.2, 0.25) is 0 Å². The van der Waals surface area contributed by atoms with Crippen LogP contribution in [0.4, 0.5) is 8.78 Å². The fourth-order valence-corrected chi connectivity index (χ4v) is 3.50. The molecule has 3 heterocycles. The average molecular weight is 388 g/mol. The Bertz CT molecular complexity index is 1470. The van der Waals surface area contributed by atoms with Gasteiger partial charge in [-0.3, -0.25) is 14.3 Å². The summed E-state index contributed by atoms with van der Waals surface area (Å²) in [6.45, 7) is 1.90. The summed E-state index contributed by atoms with van der Waals surface area (Å²) < 4.78 is 30.6. The van der Waals surface area contributed by atoms with Gasteiger partial charge in [0.25, 0.3) is 5.56 Å². The van der Waals surface area contributed by atoms with Crippen molar-refractivity contribution in [2.24, 2.45) is 0 Å². The van der Waals surface area contributed by atoms with E-state index in [0.29, 0.717) is 21.8 Å². The lowest BCUT2D eigenvalue weighted by Crippen LogP contribution is -2.18. The molecule has 0 saturated heterocycles. The molecule has 0 aliphatic rings. The van der Waals surface area contributed by atoms with Crippen LogP contribution < -0.4 is 5.56 Å². The third kappa shape index (κ3) is 2.79. The van der Waals surface area contributed by atoms with E-state index in [-0.39, 0.29) is 11.2 Å². The molecule has 0 spiro atoms. The Balaban J connectivity index is 1.89. The van der Waals surface area contributed by atoms with Crippen molar-refractivity contribution in [3.63, 3.8) is 0 Å². The molecule has 0 radical (unpaired) electrons. The molecule has 29 heavy (non-hydrogen) atoms. The predicted molar refractivity (Wildman–Crippen MR) is 107 cm³/mol. The number of fused-ring (bicyclic) bond motifs is 3. The van der Waals surface area contributed by atoms with Crippen molar-refractivity contribution in [3.05, 3.63) is 94.9 Å². The van der Waals surface area contributed by atoms with Gasteiger partial charge >= 0.3 is 0 Å². The summed E-state index contributed by atoms with van der Waals surface area (Å²) in [4.78, 5) is 21.5. The fourth-order valence-electron chi connectivity index (χ4n) is 3.50. The highest BCUT2D eigenvalue weighted by Crippen LogP contribution is 2.27. The quantitative estimate of drug-likeness (QED) is 0.424. The maximum Gasteiger partial charge on any atom is 0.255 e. The van der Waals surface area contributed by atoms with Crippen molar-refractivity contribution in [1.82, 2.24) is 19.1 Å². The predicted octanol–water partition coefficient (Wildman–Crippen LogP) is 4.31. The van der Waals surface area contributed by atoms with E-state index in [4.69, 9.17) is 0 Å². The van der Waals surface area contributed by atoms with Gasteiger partial charge in [-0.1, -0.05) is 0 Å². The number of imidazole rings is 1. The van der Waals surface area contributed by atoms with E-state index in [1.54, 1.807) is 18.6 Å². The number of rotatable bonds is 2. The molecule has 0 fully saturated rings. The summed E-state index contributed by atoms with van der Waals surface area (Å²) in [5.74, 6) is -1.98. The number of hydrogen-bond acceptors (Lipinski definition) is 3. The van der Waals surface area contributed by atoms with E-state index in [0.717, 1.165) is 23.5 Å². The molecule has 0 atom stereocenters. The lowest BCUT2D eigenvalue weighted by atomic mass is 10.1. The zero-order valence-electron chi connectivity index (χ0n) is 15.3. The van der Waals surface area contributed by atoms with E-state index < -0.39 is 11.6 Å². The second-order valence-corrected chi connectivity index (χ2v) is 6.79. The molecular weight excluding hydrogens is 374 g/mol. The van der Waals surface area contributed by atoms with Crippen molar-refractivity contribution in [2.75, 3.05) is 0 Å². The van der Waals surface area contributed by atoms with Gasteiger partial charge < -0.3 is 4.57 Å². The normalized spacial score (nSPS) is 11.4. The van der Waals surface area contributed by atoms with Gasteiger partial charge in [0.05, 0.1) is 28.7 Å². The van der Waals surface area contributed by atoms with Crippen LogP contribution in [0.1, 0.15) is 5.69 Å². The van der Waals surface area contributed by atoms with Gasteiger partial charge in [0.1, 0.15) is 0 Å². The van der Waals surface area contributed by atoms with E-state index in [1.807, 2.05) is 35.9 Å². The third-order valence-electron chi connectivity index (χ3n) is 4.87. The minimum absolute atomic E-state index is 0.246. The SMILES string of the molecule is Cc1cn(-c2ccc3ncc4ccc(=O)n(-c5ccc(F)c(F)c5)c4c3c2)cn1. The molecule has 5 nitrogen and oxygen atoms in total. The van der Waals surface area contributed by atoms with Gasteiger partial charge in [0.15, 0.2) is 11.6 Å². The molecule has 0 aliphatic carbocycles. The molecule has 0 unspecified atom stereocenters. The summed E-state index contributed by atoms with van der Waals surface area (Å²) in [5, 5.41) is 1.43. The van der Waals surface area contributed by atoms with Gasteiger partial charge in [-0.15, -0.1) is 0 Å². The molecule has 142 valence electrons. The summed E-state index contributed by atoms with van der Waals surface area (Å²) in [6.07, 6.45) is 5.26. The Hall–Kier alpha value is -3.87. The smallest absolute Gasteiger partial charge is 0.255 e. The number of halogens is 2. The number of benzene rings is 2. The van der Waals surface area contributed by atoms with Gasteiger partial charge in [-0.05, 0) is 43.3 Å². The van der Waals surface area contributed by atoms with E-state index in [1.165, 1.54) is 16.7 Å². The molecule has 3 aromatic heterocycles. The molecule has 0 aliphatic heterocycles.